The molecule has 1 amide bonds. The molecule has 23 heavy (non-hydrogen) atoms. The second kappa shape index (κ2) is 8.02. The first-order valence-electron chi connectivity index (χ1n) is 8.73. The van der Waals surface area contributed by atoms with Gasteiger partial charge in [-0.15, -0.1) is 0 Å². The summed E-state index contributed by atoms with van der Waals surface area (Å²) in [6.45, 7) is 6.24. The van der Waals surface area contributed by atoms with Gasteiger partial charge in [0.05, 0.1) is 6.54 Å². The predicted octanol–water partition coefficient (Wildman–Crippen LogP) is 2.86. The molecule has 0 unspecified atom stereocenters. The summed E-state index contributed by atoms with van der Waals surface area (Å²) in [7, 11) is 0. The lowest BCUT2D eigenvalue weighted by Crippen LogP contribution is -2.50. The van der Waals surface area contributed by atoms with Crippen molar-refractivity contribution in [2.45, 2.75) is 25.7 Å². The fourth-order valence-corrected chi connectivity index (χ4v) is 3.63. The number of hydrogen-bond acceptors (Lipinski definition) is 3. The first-order chi connectivity index (χ1) is 11.2. The largest absolute Gasteiger partial charge is 0.369 e. The molecule has 0 atom stereocenters. The van der Waals surface area contributed by atoms with E-state index in [1.54, 1.807) is 0 Å². The number of benzene rings is 1. The monoisotopic (exact) mass is 335 g/mol. The molecule has 0 aromatic heterocycles. The van der Waals surface area contributed by atoms with Gasteiger partial charge in [-0.1, -0.05) is 30.5 Å². The molecule has 2 saturated heterocycles. The number of anilines is 1. The third-order valence-corrected chi connectivity index (χ3v) is 5.10. The molecule has 4 nitrogen and oxygen atoms in total. The molecule has 0 saturated carbocycles. The Morgan fingerprint density at radius 3 is 2.30 bits per heavy atom. The number of amides is 1. The second-order valence-electron chi connectivity index (χ2n) is 6.54. The Morgan fingerprint density at radius 2 is 1.65 bits per heavy atom. The minimum absolute atomic E-state index is 0.308. The Kier molecular flexibility index (Phi) is 5.79. The van der Waals surface area contributed by atoms with Crippen molar-refractivity contribution >= 4 is 23.2 Å². The molecule has 0 N–H and O–H groups in total. The van der Waals surface area contributed by atoms with Gasteiger partial charge in [-0.2, -0.15) is 0 Å². The van der Waals surface area contributed by atoms with Gasteiger partial charge in [0.1, 0.15) is 0 Å². The highest BCUT2D eigenvalue weighted by atomic mass is 35.5. The van der Waals surface area contributed by atoms with E-state index in [9.17, 15) is 4.79 Å². The summed E-state index contributed by atoms with van der Waals surface area (Å²) >= 11 is 6.07. The standard InChI is InChI=1S/C18H26ClN3O/c19-16-6-5-7-17(14-16)21-12-10-20(11-13-21)15-18(23)22-8-3-1-2-4-9-22/h5-7,14H,1-4,8-13,15H2. The highest BCUT2D eigenvalue weighted by Crippen LogP contribution is 2.20. The van der Waals surface area contributed by atoms with Crippen molar-refractivity contribution in [3.05, 3.63) is 29.3 Å². The Bertz CT molecular complexity index is 521. The molecule has 0 spiro atoms. The molecular weight excluding hydrogens is 310 g/mol. The van der Waals surface area contributed by atoms with Gasteiger partial charge < -0.3 is 9.80 Å². The number of likely N-dealkylation sites (tertiary alicyclic amines) is 1. The van der Waals surface area contributed by atoms with Gasteiger partial charge in [0.2, 0.25) is 5.91 Å². The Morgan fingerprint density at radius 1 is 0.957 bits per heavy atom. The van der Waals surface area contributed by atoms with E-state index in [-0.39, 0.29) is 0 Å². The van der Waals surface area contributed by atoms with Gasteiger partial charge in [-0.3, -0.25) is 9.69 Å². The average molecular weight is 336 g/mol. The Balaban J connectivity index is 1.48. The number of carbonyl (C=O) groups is 1. The van der Waals surface area contributed by atoms with Crippen LogP contribution in [0.3, 0.4) is 0 Å². The average Bonchev–Trinajstić information content (AvgIpc) is 2.85. The predicted molar refractivity (Wildman–Crippen MR) is 95.2 cm³/mol. The molecule has 5 heteroatoms. The van der Waals surface area contributed by atoms with E-state index >= 15 is 0 Å². The smallest absolute Gasteiger partial charge is 0.236 e. The number of halogens is 1. The normalized spacial score (nSPS) is 20.4. The number of nitrogens with zero attached hydrogens (tertiary/aromatic N) is 3. The molecule has 2 aliphatic rings. The highest BCUT2D eigenvalue weighted by molar-refractivity contribution is 6.30. The van der Waals surface area contributed by atoms with E-state index < -0.39 is 0 Å². The van der Waals surface area contributed by atoms with Gasteiger partial charge >= 0.3 is 0 Å². The van der Waals surface area contributed by atoms with Crippen molar-refractivity contribution in [2.24, 2.45) is 0 Å². The quantitative estimate of drug-likeness (QED) is 0.849. The lowest BCUT2D eigenvalue weighted by molar-refractivity contribution is -0.132. The van der Waals surface area contributed by atoms with Crippen molar-refractivity contribution in [1.82, 2.24) is 9.80 Å². The van der Waals surface area contributed by atoms with Crippen LogP contribution in [0.15, 0.2) is 24.3 Å². The van der Waals surface area contributed by atoms with Crippen LogP contribution in [-0.4, -0.2) is 61.5 Å². The molecule has 1 aromatic carbocycles. The van der Waals surface area contributed by atoms with Crippen LogP contribution in [0, 0.1) is 0 Å². The number of rotatable bonds is 3. The van der Waals surface area contributed by atoms with Crippen LogP contribution in [0.25, 0.3) is 0 Å². The molecule has 2 fully saturated rings. The molecule has 1 aromatic rings. The maximum absolute atomic E-state index is 12.5. The first-order valence-corrected chi connectivity index (χ1v) is 9.11. The van der Waals surface area contributed by atoms with Crippen molar-refractivity contribution in [1.29, 1.82) is 0 Å². The van der Waals surface area contributed by atoms with E-state index in [1.165, 1.54) is 18.5 Å². The summed E-state index contributed by atoms with van der Waals surface area (Å²) in [4.78, 5) is 19.2. The zero-order valence-electron chi connectivity index (χ0n) is 13.7. The van der Waals surface area contributed by atoms with Crippen LogP contribution in [0.4, 0.5) is 5.69 Å². The van der Waals surface area contributed by atoms with Crippen LogP contribution in [0.2, 0.25) is 5.02 Å². The lowest BCUT2D eigenvalue weighted by Gasteiger charge is -2.36. The Hall–Kier alpha value is -1.26. The molecular formula is C18H26ClN3O. The van der Waals surface area contributed by atoms with Gasteiger partial charge in [0, 0.05) is 50.0 Å². The molecule has 3 rings (SSSR count). The van der Waals surface area contributed by atoms with Crippen molar-refractivity contribution in [3.8, 4) is 0 Å². The van der Waals surface area contributed by atoms with Crippen LogP contribution in [0.5, 0.6) is 0 Å². The minimum Gasteiger partial charge on any atom is -0.369 e. The minimum atomic E-state index is 0.308. The number of carbonyl (C=O) groups excluding carboxylic acids is 1. The third-order valence-electron chi connectivity index (χ3n) is 4.86. The van der Waals surface area contributed by atoms with Gasteiger partial charge in [0.15, 0.2) is 0 Å². The highest BCUT2D eigenvalue weighted by Gasteiger charge is 2.22. The van der Waals surface area contributed by atoms with Crippen molar-refractivity contribution in [2.75, 3.05) is 50.7 Å². The van der Waals surface area contributed by atoms with Crippen LogP contribution in [0.1, 0.15) is 25.7 Å². The van der Waals surface area contributed by atoms with Crippen LogP contribution in [-0.2, 0) is 4.79 Å². The zero-order chi connectivity index (χ0) is 16.1. The molecule has 2 heterocycles. The van der Waals surface area contributed by atoms with Crippen molar-refractivity contribution < 1.29 is 4.79 Å². The van der Waals surface area contributed by atoms with Crippen molar-refractivity contribution in [3.63, 3.8) is 0 Å². The Labute approximate surface area is 144 Å². The van der Waals surface area contributed by atoms with Gasteiger partial charge in [-0.05, 0) is 31.0 Å². The molecule has 0 radical (unpaired) electrons. The van der Waals surface area contributed by atoms with Crippen LogP contribution >= 0.6 is 11.6 Å². The summed E-state index contributed by atoms with van der Waals surface area (Å²) in [6, 6.07) is 8.01. The summed E-state index contributed by atoms with van der Waals surface area (Å²) in [6.07, 6.45) is 4.85. The van der Waals surface area contributed by atoms with E-state index in [0.717, 1.165) is 57.1 Å². The summed E-state index contributed by atoms with van der Waals surface area (Å²) < 4.78 is 0. The fourth-order valence-electron chi connectivity index (χ4n) is 3.45. The lowest BCUT2D eigenvalue weighted by atomic mass is 10.2. The maximum Gasteiger partial charge on any atom is 0.236 e. The summed E-state index contributed by atoms with van der Waals surface area (Å²) in [5, 5.41) is 0.779. The van der Waals surface area contributed by atoms with E-state index in [2.05, 4.69) is 20.8 Å². The number of piperazine rings is 1. The fraction of sp³-hybridized carbons (Fsp3) is 0.611. The van der Waals surface area contributed by atoms with Crippen LogP contribution < -0.4 is 4.90 Å². The molecule has 2 aliphatic heterocycles. The van der Waals surface area contributed by atoms with Gasteiger partial charge in [-0.25, -0.2) is 0 Å². The first kappa shape index (κ1) is 16.6. The summed E-state index contributed by atoms with van der Waals surface area (Å²) in [5.74, 6) is 0.308. The molecule has 0 bridgehead atoms. The van der Waals surface area contributed by atoms with E-state index in [4.69, 9.17) is 11.6 Å². The van der Waals surface area contributed by atoms with Gasteiger partial charge in [0.25, 0.3) is 0 Å². The van der Waals surface area contributed by atoms with E-state index in [0.29, 0.717) is 12.5 Å². The summed E-state index contributed by atoms with van der Waals surface area (Å²) in [5.41, 5.74) is 1.18. The number of hydrogen-bond donors (Lipinski definition) is 0. The zero-order valence-corrected chi connectivity index (χ0v) is 14.5. The third kappa shape index (κ3) is 4.61. The maximum atomic E-state index is 12.5. The van der Waals surface area contributed by atoms with E-state index in [1.807, 2.05) is 18.2 Å². The molecule has 126 valence electrons. The second-order valence-corrected chi connectivity index (χ2v) is 6.97. The topological polar surface area (TPSA) is 26.8 Å². The SMILES string of the molecule is O=C(CN1CCN(c2cccc(Cl)c2)CC1)N1CCCCCC1. The molecule has 0 aliphatic carbocycles.